The summed E-state index contributed by atoms with van der Waals surface area (Å²) in [5.41, 5.74) is 3.10. The van der Waals surface area contributed by atoms with Crippen LogP contribution < -0.4 is 9.47 Å². The molecule has 3 rings (SSSR count). The third-order valence-corrected chi connectivity index (χ3v) is 6.25. The monoisotopic (exact) mass is 483 g/mol. The maximum Gasteiger partial charge on any atom is 0.343 e. The number of nitrogens with zero attached hydrogens (tertiary/aromatic N) is 1. The van der Waals surface area contributed by atoms with E-state index in [-0.39, 0.29) is 0 Å². The van der Waals surface area contributed by atoms with Crippen LogP contribution in [0, 0.1) is 6.57 Å². The molecule has 0 N–H and O–H groups in total. The smallest absolute Gasteiger partial charge is 0.343 e. The van der Waals surface area contributed by atoms with E-state index in [0.717, 1.165) is 23.3 Å². The van der Waals surface area contributed by atoms with E-state index in [9.17, 15) is 4.79 Å². The van der Waals surface area contributed by atoms with Crippen LogP contribution >= 0.6 is 0 Å². The van der Waals surface area contributed by atoms with Gasteiger partial charge < -0.3 is 9.47 Å². The van der Waals surface area contributed by atoms with Crippen LogP contribution in [0.1, 0.15) is 81.5 Å². The molecule has 0 aliphatic rings. The first-order valence-electron chi connectivity index (χ1n) is 13.2. The number of esters is 1. The molecule has 0 aromatic heterocycles. The second kappa shape index (κ2) is 15.4. The standard InChI is InChI=1S/C32H37NO3/c1-3-4-5-6-7-8-9-10-11-12-25-35-30-21-17-28(18-22-30)32(34)36-31-23-15-27(16-24-31)26-13-19-29(33-2)20-14-26/h13-24H,3-12,25H2,1H3. The highest BCUT2D eigenvalue weighted by molar-refractivity contribution is 5.91. The van der Waals surface area contributed by atoms with Crippen LogP contribution in [0.5, 0.6) is 11.5 Å². The molecule has 3 aromatic rings. The molecule has 0 saturated heterocycles. The summed E-state index contributed by atoms with van der Waals surface area (Å²) in [6.45, 7) is 10.0. The van der Waals surface area contributed by atoms with Gasteiger partial charge in [-0.2, -0.15) is 0 Å². The number of rotatable bonds is 15. The third-order valence-electron chi connectivity index (χ3n) is 6.25. The molecule has 4 heteroatoms. The minimum absolute atomic E-state index is 0.398. The van der Waals surface area contributed by atoms with Gasteiger partial charge in [0.05, 0.1) is 18.7 Å². The van der Waals surface area contributed by atoms with E-state index in [4.69, 9.17) is 16.0 Å². The van der Waals surface area contributed by atoms with Crippen molar-refractivity contribution < 1.29 is 14.3 Å². The van der Waals surface area contributed by atoms with Gasteiger partial charge in [-0.25, -0.2) is 9.64 Å². The Hall–Kier alpha value is -3.58. The zero-order valence-electron chi connectivity index (χ0n) is 21.4. The summed E-state index contributed by atoms with van der Waals surface area (Å²) in [5.74, 6) is 0.865. The number of hydrogen-bond donors (Lipinski definition) is 0. The molecule has 0 radical (unpaired) electrons. The fourth-order valence-electron chi connectivity index (χ4n) is 4.08. The van der Waals surface area contributed by atoms with E-state index < -0.39 is 5.97 Å². The highest BCUT2D eigenvalue weighted by Gasteiger charge is 2.09. The Labute approximate surface area is 216 Å². The van der Waals surface area contributed by atoms with Crippen molar-refractivity contribution in [1.29, 1.82) is 0 Å². The first kappa shape index (κ1) is 27.0. The van der Waals surface area contributed by atoms with Crippen molar-refractivity contribution >= 4 is 11.7 Å². The fourth-order valence-corrected chi connectivity index (χ4v) is 4.08. The van der Waals surface area contributed by atoms with Gasteiger partial charge in [-0.15, -0.1) is 0 Å². The van der Waals surface area contributed by atoms with Gasteiger partial charge in [-0.1, -0.05) is 101 Å². The number of hydrogen-bond acceptors (Lipinski definition) is 3. The van der Waals surface area contributed by atoms with E-state index in [2.05, 4.69) is 11.8 Å². The third kappa shape index (κ3) is 9.23. The van der Waals surface area contributed by atoms with Crippen molar-refractivity contribution in [3.8, 4) is 22.6 Å². The summed E-state index contributed by atoms with van der Waals surface area (Å²) >= 11 is 0. The lowest BCUT2D eigenvalue weighted by atomic mass is 10.1. The molecule has 188 valence electrons. The molecule has 3 aromatic carbocycles. The quantitative estimate of drug-likeness (QED) is 0.0935. The SMILES string of the molecule is [C-]#[N+]c1ccc(-c2ccc(OC(=O)c3ccc(OCCCCCCCCCCCC)cc3)cc2)cc1. The Kier molecular flexibility index (Phi) is 11.6. The van der Waals surface area contributed by atoms with Crippen LogP contribution in [-0.4, -0.2) is 12.6 Å². The summed E-state index contributed by atoms with van der Waals surface area (Å²) in [7, 11) is 0. The van der Waals surface area contributed by atoms with Gasteiger partial charge >= 0.3 is 5.97 Å². The van der Waals surface area contributed by atoms with Gasteiger partial charge in [0.25, 0.3) is 0 Å². The second-order valence-electron chi connectivity index (χ2n) is 9.13. The molecule has 0 bridgehead atoms. The molecule has 0 saturated carbocycles. The lowest BCUT2D eigenvalue weighted by molar-refractivity contribution is 0.0734. The van der Waals surface area contributed by atoms with Crippen LogP contribution in [-0.2, 0) is 0 Å². The summed E-state index contributed by atoms with van der Waals surface area (Å²) in [6.07, 6.45) is 13.0. The van der Waals surface area contributed by atoms with Crippen LogP contribution in [0.15, 0.2) is 72.8 Å². The van der Waals surface area contributed by atoms with Crippen molar-refractivity contribution in [2.45, 2.75) is 71.1 Å². The molecular weight excluding hydrogens is 446 g/mol. The molecule has 0 aliphatic carbocycles. The van der Waals surface area contributed by atoms with Gasteiger partial charge in [0, 0.05) is 0 Å². The van der Waals surface area contributed by atoms with Crippen molar-refractivity contribution in [3.63, 3.8) is 0 Å². The topological polar surface area (TPSA) is 39.9 Å². The molecule has 0 unspecified atom stereocenters. The van der Waals surface area contributed by atoms with E-state index in [1.807, 2.05) is 36.4 Å². The van der Waals surface area contributed by atoms with Crippen LogP contribution in [0.3, 0.4) is 0 Å². The zero-order valence-corrected chi connectivity index (χ0v) is 21.4. The lowest BCUT2D eigenvalue weighted by Crippen LogP contribution is -2.08. The van der Waals surface area contributed by atoms with Gasteiger partial charge in [-0.3, -0.25) is 0 Å². The van der Waals surface area contributed by atoms with Crippen molar-refractivity contribution in [3.05, 3.63) is 89.8 Å². The molecule has 0 atom stereocenters. The average molecular weight is 484 g/mol. The summed E-state index contributed by atoms with van der Waals surface area (Å²) in [6, 6.07) is 21.9. The van der Waals surface area contributed by atoms with Crippen molar-refractivity contribution in [1.82, 2.24) is 0 Å². The first-order chi connectivity index (χ1) is 17.7. The largest absolute Gasteiger partial charge is 0.494 e. The number of benzene rings is 3. The van der Waals surface area contributed by atoms with Crippen molar-refractivity contribution in [2.75, 3.05) is 6.61 Å². The van der Waals surface area contributed by atoms with E-state index in [0.29, 0.717) is 23.6 Å². The number of carbonyl (C=O) groups is 1. The lowest BCUT2D eigenvalue weighted by Gasteiger charge is -2.08. The predicted molar refractivity (Wildman–Crippen MR) is 147 cm³/mol. The van der Waals surface area contributed by atoms with Gasteiger partial charge in [0.1, 0.15) is 11.5 Å². The Bertz CT molecular complexity index is 1080. The Morgan fingerprint density at radius 1 is 0.667 bits per heavy atom. The number of unbranched alkanes of at least 4 members (excludes halogenated alkanes) is 9. The summed E-state index contributed by atoms with van der Waals surface area (Å²) < 4.78 is 11.4. The molecule has 36 heavy (non-hydrogen) atoms. The Morgan fingerprint density at radius 3 is 1.72 bits per heavy atom. The molecule has 0 spiro atoms. The fraction of sp³-hybridized carbons (Fsp3) is 0.375. The van der Waals surface area contributed by atoms with E-state index in [1.54, 1.807) is 36.4 Å². The normalized spacial score (nSPS) is 10.6. The van der Waals surface area contributed by atoms with Gasteiger partial charge in [0.15, 0.2) is 5.69 Å². The van der Waals surface area contributed by atoms with Crippen LogP contribution in [0.4, 0.5) is 5.69 Å². The predicted octanol–water partition coefficient (Wildman–Crippen LogP) is 9.42. The van der Waals surface area contributed by atoms with Crippen LogP contribution in [0.2, 0.25) is 0 Å². The molecule has 0 amide bonds. The van der Waals surface area contributed by atoms with Gasteiger partial charge in [-0.05, 0) is 53.9 Å². The number of ether oxygens (including phenoxy) is 2. The van der Waals surface area contributed by atoms with Crippen molar-refractivity contribution in [2.24, 2.45) is 0 Å². The Balaban J connectivity index is 1.34. The number of carbonyl (C=O) groups excluding carboxylic acids is 1. The van der Waals surface area contributed by atoms with E-state index >= 15 is 0 Å². The molecule has 0 heterocycles. The Morgan fingerprint density at radius 2 is 1.17 bits per heavy atom. The minimum Gasteiger partial charge on any atom is -0.494 e. The second-order valence-corrected chi connectivity index (χ2v) is 9.13. The molecule has 0 aliphatic heterocycles. The molecule has 4 nitrogen and oxygen atoms in total. The maximum atomic E-state index is 12.5. The summed E-state index contributed by atoms with van der Waals surface area (Å²) in [4.78, 5) is 15.9. The molecule has 0 fully saturated rings. The van der Waals surface area contributed by atoms with E-state index in [1.165, 1.54) is 57.8 Å². The minimum atomic E-state index is -0.398. The highest BCUT2D eigenvalue weighted by Crippen LogP contribution is 2.25. The maximum absolute atomic E-state index is 12.5. The van der Waals surface area contributed by atoms with Gasteiger partial charge in [0.2, 0.25) is 0 Å². The zero-order chi connectivity index (χ0) is 25.4. The highest BCUT2D eigenvalue weighted by atomic mass is 16.5. The average Bonchev–Trinajstić information content (AvgIpc) is 2.92. The first-order valence-corrected chi connectivity index (χ1v) is 13.2. The summed E-state index contributed by atoms with van der Waals surface area (Å²) in [5, 5.41) is 0. The van der Waals surface area contributed by atoms with Crippen LogP contribution in [0.25, 0.3) is 16.0 Å². The molecular formula is C32H37NO3.